The second-order valence-corrected chi connectivity index (χ2v) is 3.58. The predicted molar refractivity (Wildman–Crippen MR) is 57.5 cm³/mol. The Hall–Kier alpha value is -0.530. The fourth-order valence-corrected chi connectivity index (χ4v) is 1.45. The van der Waals surface area contributed by atoms with Gasteiger partial charge in [0.15, 0.2) is 0 Å². The van der Waals surface area contributed by atoms with Crippen LogP contribution in [-0.2, 0) is 0 Å². The van der Waals surface area contributed by atoms with Gasteiger partial charge in [0.2, 0.25) is 0 Å². The summed E-state index contributed by atoms with van der Waals surface area (Å²) >= 11 is 0. The largest absolute Gasteiger partial charge is 0.411 e. The van der Waals surface area contributed by atoms with Crippen LogP contribution in [0.3, 0.4) is 0 Å². The SMILES string of the molecule is CCCCCCC/C(CCC)=N/O. The molecule has 0 aliphatic rings. The van der Waals surface area contributed by atoms with E-state index < -0.39 is 0 Å². The van der Waals surface area contributed by atoms with Crippen LogP contribution >= 0.6 is 0 Å². The second-order valence-electron chi connectivity index (χ2n) is 3.58. The number of hydrogen-bond donors (Lipinski definition) is 1. The molecular weight excluding hydrogens is 162 g/mol. The molecule has 0 atom stereocenters. The molecule has 0 fully saturated rings. The summed E-state index contributed by atoms with van der Waals surface area (Å²) in [5, 5.41) is 12.0. The molecule has 0 radical (unpaired) electrons. The van der Waals surface area contributed by atoms with Crippen molar-refractivity contribution in [2.24, 2.45) is 5.16 Å². The average Bonchev–Trinajstić information content (AvgIpc) is 2.16. The van der Waals surface area contributed by atoms with Crippen LogP contribution in [0, 0.1) is 0 Å². The van der Waals surface area contributed by atoms with E-state index in [1.165, 1.54) is 32.1 Å². The van der Waals surface area contributed by atoms with Gasteiger partial charge in [-0.25, -0.2) is 0 Å². The molecule has 0 rings (SSSR count). The van der Waals surface area contributed by atoms with Gasteiger partial charge in [-0.05, 0) is 19.3 Å². The summed E-state index contributed by atoms with van der Waals surface area (Å²) in [6.07, 6.45) is 9.40. The van der Waals surface area contributed by atoms with Crippen LogP contribution in [0.25, 0.3) is 0 Å². The Morgan fingerprint density at radius 3 is 2.15 bits per heavy atom. The summed E-state index contributed by atoms with van der Waals surface area (Å²) in [5.74, 6) is 0. The van der Waals surface area contributed by atoms with E-state index in [1.807, 2.05) is 0 Å². The topological polar surface area (TPSA) is 32.6 Å². The van der Waals surface area contributed by atoms with Gasteiger partial charge in [-0.2, -0.15) is 0 Å². The highest BCUT2D eigenvalue weighted by atomic mass is 16.4. The monoisotopic (exact) mass is 185 g/mol. The van der Waals surface area contributed by atoms with E-state index in [9.17, 15) is 0 Å². The molecule has 0 spiro atoms. The van der Waals surface area contributed by atoms with Gasteiger partial charge in [-0.3, -0.25) is 0 Å². The van der Waals surface area contributed by atoms with Crippen LogP contribution < -0.4 is 0 Å². The van der Waals surface area contributed by atoms with E-state index in [0.717, 1.165) is 25.0 Å². The number of hydrogen-bond acceptors (Lipinski definition) is 2. The van der Waals surface area contributed by atoms with Gasteiger partial charge in [0.25, 0.3) is 0 Å². The third kappa shape index (κ3) is 7.82. The summed E-state index contributed by atoms with van der Waals surface area (Å²) in [7, 11) is 0. The molecule has 2 heteroatoms. The maximum Gasteiger partial charge on any atom is 0.0570 e. The first-order chi connectivity index (χ1) is 6.35. The van der Waals surface area contributed by atoms with Crippen molar-refractivity contribution < 1.29 is 5.21 Å². The Kier molecular flexibility index (Phi) is 9.17. The molecule has 0 aromatic heterocycles. The average molecular weight is 185 g/mol. The smallest absolute Gasteiger partial charge is 0.0570 e. The molecule has 0 saturated heterocycles. The Morgan fingerprint density at radius 1 is 0.923 bits per heavy atom. The minimum Gasteiger partial charge on any atom is -0.411 e. The van der Waals surface area contributed by atoms with Crippen molar-refractivity contribution >= 4 is 5.71 Å². The van der Waals surface area contributed by atoms with E-state index >= 15 is 0 Å². The molecule has 0 aromatic rings. The first-order valence-corrected chi connectivity index (χ1v) is 5.54. The van der Waals surface area contributed by atoms with Crippen molar-refractivity contribution in [1.29, 1.82) is 0 Å². The first-order valence-electron chi connectivity index (χ1n) is 5.54. The molecule has 0 heterocycles. The molecule has 13 heavy (non-hydrogen) atoms. The predicted octanol–water partition coefficient (Wildman–Crippen LogP) is 3.98. The van der Waals surface area contributed by atoms with E-state index in [4.69, 9.17) is 5.21 Å². The van der Waals surface area contributed by atoms with Crippen LogP contribution in [0.1, 0.15) is 65.2 Å². The number of unbranched alkanes of at least 4 members (excludes halogenated alkanes) is 4. The zero-order valence-corrected chi connectivity index (χ0v) is 9.05. The van der Waals surface area contributed by atoms with E-state index in [1.54, 1.807) is 0 Å². The third-order valence-electron chi connectivity index (χ3n) is 2.25. The van der Waals surface area contributed by atoms with E-state index in [-0.39, 0.29) is 0 Å². The lowest BCUT2D eigenvalue weighted by Gasteiger charge is -2.02. The van der Waals surface area contributed by atoms with Crippen LogP contribution in [0.4, 0.5) is 0 Å². The molecule has 78 valence electrons. The molecule has 1 N–H and O–H groups in total. The minimum absolute atomic E-state index is 0.949. The molecular formula is C11H23NO. The van der Waals surface area contributed by atoms with Gasteiger partial charge < -0.3 is 5.21 Å². The van der Waals surface area contributed by atoms with Crippen LogP contribution in [-0.4, -0.2) is 10.9 Å². The number of oxime groups is 1. The number of rotatable bonds is 8. The lowest BCUT2D eigenvalue weighted by atomic mass is 10.1. The van der Waals surface area contributed by atoms with Crippen molar-refractivity contribution in [3.8, 4) is 0 Å². The van der Waals surface area contributed by atoms with Crippen molar-refractivity contribution in [2.75, 3.05) is 0 Å². The van der Waals surface area contributed by atoms with E-state index in [2.05, 4.69) is 19.0 Å². The van der Waals surface area contributed by atoms with Crippen molar-refractivity contribution in [3.63, 3.8) is 0 Å². The molecule has 0 aliphatic carbocycles. The Bertz CT molecular complexity index is 132. The zero-order valence-electron chi connectivity index (χ0n) is 9.05. The molecule has 0 aliphatic heterocycles. The summed E-state index contributed by atoms with van der Waals surface area (Å²) in [6, 6.07) is 0. The summed E-state index contributed by atoms with van der Waals surface area (Å²) in [5.41, 5.74) is 0.971. The van der Waals surface area contributed by atoms with Crippen molar-refractivity contribution in [1.82, 2.24) is 0 Å². The summed E-state index contributed by atoms with van der Waals surface area (Å²) < 4.78 is 0. The third-order valence-corrected chi connectivity index (χ3v) is 2.25. The lowest BCUT2D eigenvalue weighted by molar-refractivity contribution is 0.315. The highest BCUT2D eigenvalue weighted by Crippen LogP contribution is 2.07. The summed E-state index contributed by atoms with van der Waals surface area (Å²) in [6.45, 7) is 4.33. The normalized spacial score (nSPS) is 12.0. The maximum atomic E-state index is 8.65. The van der Waals surface area contributed by atoms with Gasteiger partial charge in [0, 0.05) is 0 Å². The van der Waals surface area contributed by atoms with Gasteiger partial charge in [0.1, 0.15) is 0 Å². The van der Waals surface area contributed by atoms with Gasteiger partial charge >= 0.3 is 0 Å². The van der Waals surface area contributed by atoms with Gasteiger partial charge in [-0.15, -0.1) is 0 Å². The Balaban J connectivity index is 3.29. The second kappa shape index (κ2) is 9.56. The Labute approximate surface area is 82.0 Å². The highest BCUT2D eigenvalue weighted by Gasteiger charge is 1.98. The molecule has 2 nitrogen and oxygen atoms in total. The van der Waals surface area contributed by atoms with Crippen LogP contribution in [0.5, 0.6) is 0 Å². The van der Waals surface area contributed by atoms with Gasteiger partial charge in [0.05, 0.1) is 5.71 Å². The summed E-state index contributed by atoms with van der Waals surface area (Å²) in [4.78, 5) is 0. The van der Waals surface area contributed by atoms with Crippen LogP contribution in [0.15, 0.2) is 5.16 Å². The first kappa shape index (κ1) is 12.5. The van der Waals surface area contributed by atoms with Crippen molar-refractivity contribution in [2.45, 2.75) is 65.2 Å². The van der Waals surface area contributed by atoms with Crippen LogP contribution in [0.2, 0.25) is 0 Å². The molecule has 0 unspecified atom stereocenters. The lowest BCUT2D eigenvalue weighted by Crippen LogP contribution is -1.97. The fourth-order valence-electron chi connectivity index (χ4n) is 1.45. The standard InChI is InChI=1S/C11H23NO/c1-3-5-6-7-8-10-11(12-13)9-4-2/h13H,3-10H2,1-2H3/b12-11+. The number of nitrogens with zero attached hydrogens (tertiary/aromatic N) is 1. The van der Waals surface area contributed by atoms with E-state index in [0.29, 0.717) is 0 Å². The molecule has 0 aromatic carbocycles. The highest BCUT2D eigenvalue weighted by molar-refractivity contribution is 5.83. The Morgan fingerprint density at radius 2 is 1.62 bits per heavy atom. The quantitative estimate of drug-likeness (QED) is 0.264. The minimum atomic E-state index is 0.949. The molecule has 0 amide bonds. The molecule has 0 saturated carbocycles. The maximum absolute atomic E-state index is 8.65. The van der Waals surface area contributed by atoms with Crippen molar-refractivity contribution in [3.05, 3.63) is 0 Å². The molecule has 0 bridgehead atoms. The zero-order chi connectivity index (χ0) is 9.94. The fraction of sp³-hybridized carbons (Fsp3) is 0.909. The van der Waals surface area contributed by atoms with Gasteiger partial charge in [-0.1, -0.05) is 51.1 Å².